The summed E-state index contributed by atoms with van der Waals surface area (Å²) in [6.45, 7) is 0. The van der Waals surface area contributed by atoms with Crippen molar-refractivity contribution >= 4 is 11.6 Å². The van der Waals surface area contributed by atoms with Crippen LogP contribution in [0.15, 0.2) is 53.1 Å². The standard InChI is InChI=1S/C19H18N2O5/c1-23-13-6-4-12(5-7-13)18-11-16(21-26-18)19(22)20-15-10-14(24-2)8-9-17(15)25-3/h4-11H,1-3H3,(H,20,22). The fraction of sp³-hybridized carbons (Fsp3) is 0.158. The third kappa shape index (κ3) is 3.61. The molecule has 3 aromatic rings. The molecule has 1 N–H and O–H groups in total. The fourth-order valence-corrected chi connectivity index (χ4v) is 2.37. The van der Waals surface area contributed by atoms with Crippen LogP contribution in [0.4, 0.5) is 5.69 Å². The molecule has 0 saturated carbocycles. The van der Waals surface area contributed by atoms with Gasteiger partial charge in [-0.2, -0.15) is 0 Å². The van der Waals surface area contributed by atoms with E-state index in [2.05, 4.69) is 10.5 Å². The zero-order valence-electron chi connectivity index (χ0n) is 14.6. The third-order valence-corrected chi connectivity index (χ3v) is 3.77. The average Bonchev–Trinajstić information content (AvgIpc) is 3.18. The van der Waals surface area contributed by atoms with Gasteiger partial charge in [-0.25, -0.2) is 0 Å². The van der Waals surface area contributed by atoms with Crippen LogP contribution in [0.25, 0.3) is 11.3 Å². The average molecular weight is 354 g/mol. The maximum Gasteiger partial charge on any atom is 0.277 e. The lowest BCUT2D eigenvalue weighted by Gasteiger charge is -2.10. The quantitative estimate of drug-likeness (QED) is 0.728. The lowest BCUT2D eigenvalue weighted by atomic mass is 10.1. The predicted octanol–water partition coefficient (Wildman–Crippen LogP) is 3.62. The molecule has 1 amide bonds. The van der Waals surface area contributed by atoms with Crippen molar-refractivity contribution in [3.05, 3.63) is 54.2 Å². The van der Waals surface area contributed by atoms with Crippen molar-refractivity contribution in [3.8, 4) is 28.6 Å². The maximum atomic E-state index is 12.5. The monoisotopic (exact) mass is 354 g/mol. The number of carbonyl (C=O) groups excluding carboxylic acids is 1. The van der Waals surface area contributed by atoms with Crippen molar-refractivity contribution in [3.63, 3.8) is 0 Å². The molecule has 1 aromatic heterocycles. The van der Waals surface area contributed by atoms with Crippen LogP contribution in [0.3, 0.4) is 0 Å². The van der Waals surface area contributed by atoms with Crippen LogP contribution in [0.1, 0.15) is 10.5 Å². The summed E-state index contributed by atoms with van der Waals surface area (Å²) in [5.41, 5.74) is 1.42. The number of methoxy groups -OCH3 is 3. The Morgan fingerprint density at radius 1 is 0.923 bits per heavy atom. The van der Waals surface area contributed by atoms with E-state index in [-0.39, 0.29) is 5.69 Å². The number of amides is 1. The first-order chi connectivity index (χ1) is 12.6. The van der Waals surface area contributed by atoms with Crippen molar-refractivity contribution in [1.29, 1.82) is 0 Å². The van der Waals surface area contributed by atoms with Gasteiger partial charge in [-0.1, -0.05) is 5.16 Å². The third-order valence-electron chi connectivity index (χ3n) is 3.77. The second-order valence-electron chi connectivity index (χ2n) is 5.33. The van der Waals surface area contributed by atoms with Crippen LogP contribution in [0.2, 0.25) is 0 Å². The molecule has 0 fully saturated rings. The Labute approximate surface area is 150 Å². The molecule has 0 spiro atoms. The molecule has 0 aliphatic rings. The molecule has 26 heavy (non-hydrogen) atoms. The van der Waals surface area contributed by atoms with E-state index in [1.807, 2.05) is 12.1 Å². The van der Waals surface area contributed by atoms with Crippen LogP contribution < -0.4 is 19.5 Å². The molecule has 0 saturated heterocycles. The number of anilines is 1. The van der Waals surface area contributed by atoms with Crippen molar-refractivity contribution in [2.24, 2.45) is 0 Å². The van der Waals surface area contributed by atoms with E-state index in [4.69, 9.17) is 18.7 Å². The predicted molar refractivity (Wildman–Crippen MR) is 96.0 cm³/mol. The zero-order valence-corrected chi connectivity index (χ0v) is 14.6. The van der Waals surface area contributed by atoms with Crippen molar-refractivity contribution in [1.82, 2.24) is 5.16 Å². The molecule has 3 rings (SSSR count). The minimum absolute atomic E-state index is 0.153. The van der Waals surface area contributed by atoms with E-state index < -0.39 is 5.91 Å². The van der Waals surface area contributed by atoms with Crippen LogP contribution in [0.5, 0.6) is 17.2 Å². The van der Waals surface area contributed by atoms with Gasteiger partial charge in [0.25, 0.3) is 5.91 Å². The fourth-order valence-electron chi connectivity index (χ4n) is 2.37. The number of rotatable bonds is 6. The van der Waals surface area contributed by atoms with Gasteiger partial charge in [0.05, 0.1) is 27.0 Å². The number of ether oxygens (including phenoxy) is 3. The Kier molecular flexibility index (Phi) is 5.07. The summed E-state index contributed by atoms with van der Waals surface area (Å²) >= 11 is 0. The summed E-state index contributed by atoms with van der Waals surface area (Å²) < 4.78 is 20.8. The highest BCUT2D eigenvalue weighted by Crippen LogP contribution is 2.29. The molecule has 7 nitrogen and oxygen atoms in total. The van der Waals surface area contributed by atoms with Crippen LogP contribution in [0, 0.1) is 0 Å². The van der Waals surface area contributed by atoms with Crippen LogP contribution >= 0.6 is 0 Å². The summed E-state index contributed by atoms with van der Waals surface area (Å²) in [6, 6.07) is 14.0. The van der Waals surface area contributed by atoms with Gasteiger partial charge in [0.15, 0.2) is 11.5 Å². The van der Waals surface area contributed by atoms with Gasteiger partial charge in [-0.15, -0.1) is 0 Å². The van der Waals surface area contributed by atoms with Gasteiger partial charge in [0, 0.05) is 17.7 Å². The Morgan fingerprint density at radius 2 is 1.62 bits per heavy atom. The minimum atomic E-state index is -0.417. The van der Waals surface area contributed by atoms with Crippen LogP contribution in [-0.4, -0.2) is 32.4 Å². The number of nitrogens with one attached hydrogen (secondary N) is 1. The second-order valence-corrected chi connectivity index (χ2v) is 5.33. The van der Waals surface area contributed by atoms with Crippen molar-refractivity contribution < 1.29 is 23.5 Å². The van der Waals surface area contributed by atoms with E-state index in [9.17, 15) is 4.79 Å². The number of carbonyl (C=O) groups is 1. The molecule has 7 heteroatoms. The first-order valence-electron chi connectivity index (χ1n) is 7.79. The van der Waals surface area contributed by atoms with Crippen molar-refractivity contribution in [2.45, 2.75) is 0 Å². The molecule has 134 valence electrons. The zero-order chi connectivity index (χ0) is 18.5. The Morgan fingerprint density at radius 3 is 2.27 bits per heavy atom. The van der Waals surface area contributed by atoms with E-state index in [1.165, 1.54) is 7.11 Å². The van der Waals surface area contributed by atoms with E-state index in [0.717, 1.165) is 11.3 Å². The lowest BCUT2D eigenvalue weighted by molar-refractivity contribution is 0.101. The van der Waals surface area contributed by atoms with E-state index in [1.54, 1.807) is 50.6 Å². The van der Waals surface area contributed by atoms with Crippen molar-refractivity contribution in [2.75, 3.05) is 26.6 Å². The molecule has 0 aliphatic carbocycles. The Bertz CT molecular complexity index is 903. The first-order valence-corrected chi connectivity index (χ1v) is 7.79. The highest BCUT2D eigenvalue weighted by atomic mass is 16.5. The molecule has 0 atom stereocenters. The number of hydrogen-bond acceptors (Lipinski definition) is 6. The van der Waals surface area contributed by atoms with Gasteiger partial charge >= 0.3 is 0 Å². The number of hydrogen-bond donors (Lipinski definition) is 1. The van der Waals surface area contributed by atoms with Gasteiger partial charge < -0.3 is 24.1 Å². The minimum Gasteiger partial charge on any atom is -0.497 e. The summed E-state index contributed by atoms with van der Waals surface area (Å²) in [5, 5.41) is 6.59. The van der Waals surface area contributed by atoms with Gasteiger partial charge in [0.2, 0.25) is 0 Å². The molecule has 2 aromatic carbocycles. The highest BCUT2D eigenvalue weighted by Gasteiger charge is 2.16. The number of aromatic nitrogens is 1. The summed E-state index contributed by atoms with van der Waals surface area (Å²) in [5.74, 6) is 1.91. The van der Waals surface area contributed by atoms with Gasteiger partial charge in [-0.05, 0) is 36.4 Å². The first kappa shape index (κ1) is 17.3. The Balaban J connectivity index is 1.80. The molecule has 0 radical (unpaired) electrons. The number of nitrogens with zero attached hydrogens (tertiary/aromatic N) is 1. The molecular weight excluding hydrogens is 336 g/mol. The normalized spacial score (nSPS) is 10.3. The van der Waals surface area contributed by atoms with Gasteiger partial charge in [-0.3, -0.25) is 4.79 Å². The number of benzene rings is 2. The maximum absolute atomic E-state index is 12.5. The largest absolute Gasteiger partial charge is 0.497 e. The summed E-state index contributed by atoms with van der Waals surface area (Å²) in [4.78, 5) is 12.5. The topological polar surface area (TPSA) is 82.8 Å². The van der Waals surface area contributed by atoms with E-state index in [0.29, 0.717) is 22.9 Å². The lowest BCUT2D eigenvalue weighted by Crippen LogP contribution is -2.13. The molecule has 1 heterocycles. The molecule has 0 aliphatic heterocycles. The molecule has 0 unspecified atom stereocenters. The summed E-state index contributed by atoms with van der Waals surface area (Å²) in [7, 11) is 4.67. The van der Waals surface area contributed by atoms with Gasteiger partial charge in [0.1, 0.15) is 17.2 Å². The second kappa shape index (κ2) is 7.60. The molecule has 0 bridgehead atoms. The van der Waals surface area contributed by atoms with E-state index >= 15 is 0 Å². The SMILES string of the molecule is COc1ccc(-c2cc(C(=O)Nc3cc(OC)ccc3OC)no2)cc1. The summed E-state index contributed by atoms with van der Waals surface area (Å²) in [6.07, 6.45) is 0. The smallest absolute Gasteiger partial charge is 0.277 e. The molecular formula is C19H18N2O5. The Hall–Kier alpha value is -3.48. The highest BCUT2D eigenvalue weighted by molar-refractivity contribution is 6.04. The van der Waals surface area contributed by atoms with Crippen LogP contribution in [-0.2, 0) is 0 Å².